The van der Waals surface area contributed by atoms with Gasteiger partial charge >= 0.3 is 0 Å². The maximum atomic E-state index is 10.9. The Kier molecular flexibility index (Phi) is 9.62. The van der Waals surface area contributed by atoms with Gasteiger partial charge in [0.15, 0.2) is 5.16 Å². The topological polar surface area (TPSA) is 61.3 Å². The largest absolute Gasteiger partial charge is 0.481 e. The van der Waals surface area contributed by atoms with E-state index in [4.69, 9.17) is 9.47 Å². The number of rotatable bonds is 12. The molecule has 5 nitrogen and oxygen atoms in total. The van der Waals surface area contributed by atoms with E-state index in [2.05, 4.69) is 16.9 Å². The van der Waals surface area contributed by atoms with Crippen LogP contribution in [0.4, 0.5) is 0 Å². The van der Waals surface area contributed by atoms with Gasteiger partial charge < -0.3 is 14.3 Å². The second-order valence-corrected chi connectivity index (χ2v) is 6.35. The fraction of sp³-hybridized carbons (Fsp3) is 0.688. The van der Waals surface area contributed by atoms with Crippen LogP contribution in [0, 0.1) is 0 Å². The molecule has 1 unspecified atom stereocenters. The van der Waals surface area contributed by atoms with Crippen LogP contribution in [0.15, 0.2) is 11.2 Å². The molecule has 1 heterocycles. The molecule has 0 saturated heterocycles. The van der Waals surface area contributed by atoms with Crippen molar-refractivity contribution in [2.24, 2.45) is 0 Å². The van der Waals surface area contributed by atoms with E-state index in [0.717, 1.165) is 19.1 Å². The first-order valence-electron chi connectivity index (χ1n) is 7.80. The first-order valence-corrected chi connectivity index (χ1v) is 8.68. The zero-order chi connectivity index (χ0) is 16.2. The highest BCUT2D eigenvalue weighted by Gasteiger charge is 2.14. The summed E-state index contributed by atoms with van der Waals surface area (Å²) in [6, 6.07) is 1.64. The van der Waals surface area contributed by atoms with Gasteiger partial charge in [0.2, 0.25) is 11.8 Å². The molecule has 0 fully saturated rings. The number of hydrogen-bond donors (Lipinski definition) is 0. The Balaban J connectivity index is 2.59. The van der Waals surface area contributed by atoms with Gasteiger partial charge in [0.05, 0.1) is 20.3 Å². The van der Waals surface area contributed by atoms with Crippen molar-refractivity contribution in [3.63, 3.8) is 0 Å². The zero-order valence-electron chi connectivity index (χ0n) is 13.7. The lowest BCUT2D eigenvalue weighted by atomic mass is 10.1. The number of aldehydes is 1. The fourth-order valence-electron chi connectivity index (χ4n) is 2.10. The van der Waals surface area contributed by atoms with Crippen LogP contribution in [0.3, 0.4) is 0 Å². The lowest BCUT2D eigenvalue weighted by Crippen LogP contribution is -2.06. The smallest absolute Gasteiger partial charge is 0.220 e. The van der Waals surface area contributed by atoms with Gasteiger partial charge in [0.1, 0.15) is 6.29 Å². The minimum atomic E-state index is 0.205. The SMILES string of the molecule is CCCCCCCC(CC=O)Sc1nc(OC)cc(OC)n1. The Morgan fingerprint density at radius 1 is 1.14 bits per heavy atom. The predicted molar refractivity (Wildman–Crippen MR) is 88.8 cm³/mol. The Labute approximate surface area is 137 Å². The number of ether oxygens (including phenoxy) is 2. The summed E-state index contributed by atoms with van der Waals surface area (Å²) in [7, 11) is 3.12. The monoisotopic (exact) mass is 326 g/mol. The van der Waals surface area contributed by atoms with E-state index in [1.165, 1.54) is 37.4 Å². The van der Waals surface area contributed by atoms with Gasteiger partial charge in [0, 0.05) is 11.7 Å². The summed E-state index contributed by atoms with van der Waals surface area (Å²) in [4.78, 5) is 19.5. The normalized spacial score (nSPS) is 12.0. The second kappa shape index (κ2) is 11.3. The van der Waals surface area contributed by atoms with Crippen molar-refractivity contribution in [1.82, 2.24) is 9.97 Å². The zero-order valence-corrected chi connectivity index (χ0v) is 14.5. The third kappa shape index (κ3) is 7.11. The van der Waals surface area contributed by atoms with Crippen LogP contribution in [0.1, 0.15) is 51.9 Å². The van der Waals surface area contributed by atoms with Gasteiger partial charge in [-0.05, 0) is 6.42 Å². The van der Waals surface area contributed by atoms with Crippen LogP contribution >= 0.6 is 11.8 Å². The summed E-state index contributed by atoms with van der Waals surface area (Å²) in [5.41, 5.74) is 0. The number of hydrogen-bond acceptors (Lipinski definition) is 6. The molecule has 1 aromatic heterocycles. The van der Waals surface area contributed by atoms with E-state index in [0.29, 0.717) is 23.3 Å². The van der Waals surface area contributed by atoms with E-state index in [1.54, 1.807) is 20.3 Å². The number of carbonyl (C=O) groups is 1. The Bertz CT molecular complexity index is 421. The third-order valence-corrected chi connectivity index (χ3v) is 4.49. The number of unbranched alkanes of at least 4 members (excludes halogenated alkanes) is 4. The van der Waals surface area contributed by atoms with Gasteiger partial charge in [-0.25, -0.2) is 0 Å². The van der Waals surface area contributed by atoms with Gasteiger partial charge in [-0.2, -0.15) is 9.97 Å². The lowest BCUT2D eigenvalue weighted by Gasteiger charge is -2.13. The third-order valence-electron chi connectivity index (χ3n) is 3.34. The van der Waals surface area contributed by atoms with Crippen LogP contribution in [0.2, 0.25) is 0 Å². The average Bonchev–Trinajstić information content (AvgIpc) is 2.54. The highest BCUT2D eigenvalue weighted by atomic mass is 32.2. The molecule has 0 N–H and O–H groups in total. The molecule has 0 spiro atoms. The van der Waals surface area contributed by atoms with E-state index in [1.807, 2.05) is 0 Å². The van der Waals surface area contributed by atoms with E-state index < -0.39 is 0 Å². The molecule has 6 heteroatoms. The number of carbonyl (C=O) groups excluding carboxylic acids is 1. The predicted octanol–water partition coefficient (Wildman–Crippen LogP) is 3.90. The molecule has 1 rings (SSSR count). The molecule has 1 atom stereocenters. The van der Waals surface area contributed by atoms with Crippen LogP contribution in [-0.4, -0.2) is 35.7 Å². The summed E-state index contributed by atoms with van der Waals surface area (Å²) in [5.74, 6) is 0.948. The van der Waals surface area contributed by atoms with E-state index in [9.17, 15) is 4.79 Å². The molecule has 0 aromatic carbocycles. The fourth-order valence-corrected chi connectivity index (χ4v) is 3.15. The maximum absolute atomic E-state index is 10.9. The number of aromatic nitrogens is 2. The van der Waals surface area contributed by atoms with Gasteiger partial charge in [-0.3, -0.25) is 0 Å². The van der Waals surface area contributed by atoms with Crippen LogP contribution in [0.5, 0.6) is 11.8 Å². The molecule has 0 bridgehead atoms. The van der Waals surface area contributed by atoms with Crippen LogP contribution in [-0.2, 0) is 4.79 Å². The Morgan fingerprint density at radius 2 is 1.77 bits per heavy atom. The standard InChI is InChI=1S/C16H26N2O3S/c1-4-5-6-7-8-9-13(10-11-19)22-16-17-14(20-2)12-15(18-16)21-3/h11-13H,4-10H2,1-3H3. The van der Waals surface area contributed by atoms with Gasteiger partial charge in [0.25, 0.3) is 0 Å². The number of methoxy groups -OCH3 is 2. The minimum Gasteiger partial charge on any atom is -0.481 e. The average molecular weight is 326 g/mol. The lowest BCUT2D eigenvalue weighted by molar-refractivity contribution is -0.107. The van der Waals surface area contributed by atoms with Crippen LogP contribution < -0.4 is 9.47 Å². The molecule has 0 aliphatic heterocycles. The molecule has 0 saturated carbocycles. The quantitative estimate of drug-likeness (QED) is 0.251. The molecule has 0 aliphatic rings. The molecule has 0 amide bonds. The molecular weight excluding hydrogens is 300 g/mol. The molecular formula is C16H26N2O3S. The van der Waals surface area contributed by atoms with Crippen molar-refractivity contribution in [1.29, 1.82) is 0 Å². The molecule has 0 radical (unpaired) electrons. The number of nitrogens with zero attached hydrogens (tertiary/aromatic N) is 2. The number of thioether (sulfide) groups is 1. The van der Waals surface area contributed by atoms with Gasteiger partial charge in [-0.1, -0.05) is 50.8 Å². The van der Waals surface area contributed by atoms with Gasteiger partial charge in [-0.15, -0.1) is 0 Å². The molecule has 0 aliphatic carbocycles. The van der Waals surface area contributed by atoms with Crippen molar-refractivity contribution in [2.75, 3.05) is 14.2 Å². The highest BCUT2D eigenvalue weighted by molar-refractivity contribution is 7.99. The van der Waals surface area contributed by atoms with Crippen molar-refractivity contribution in [2.45, 2.75) is 62.3 Å². The molecule has 1 aromatic rings. The summed E-state index contributed by atoms with van der Waals surface area (Å²) < 4.78 is 10.3. The van der Waals surface area contributed by atoms with Crippen molar-refractivity contribution >= 4 is 18.0 Å². The van der Waals surface area contributed by atoms with E-state index >= 15 is 0 Å². The summed E-state index contributed by atoms with van der Waals surface area (Å²) in [6.07, 6.45) is 8.61. The molecule has 22 heavy (non-hydrogen) atoms. The first-order chi connectivity index (χ1) is 10.7. The van der Waals surface area contributed by atoms with E-state index in [-0.39, 0.29) is 5.25 Å². The van der Waals surface area contributed by atoms with Crippen molar-refractivity contribution < 1.29 is 14.3 Å². The summed E-state index contributed by atoms with van der Waals surface area (Å²) in [6.45, 7) is 2.21. The van der Waals surface area contributed by atoms with Crippen LogP contribution in [0.25, 0.3) is 0 Å². The minimum absolute atomic E-state index is 0.205. The maximum Gasteiger partial charge on any atom is 0.220 e. The Morgan fingerprint density at radius 3 is 2.32 bits per heavy atom. The summed E-state index contributed by atoms with van der Waals surface area (Å²) >= 11 is 1.52. The summed E-state index contributed by atoms with van der Waals surface area (Å²) in [5, 5.41) is 0.799. The highest BCUT2D eigenvalue weighted by Crippen LogP contribution is 2.29. The second-order valence-electron chi connectivity index (χ2n) is 5.08. The first kappa shape index (κ1) is 18.7. The Hall–Kier alpha value is -1.30. The van der Waals surface area contributed by atoms with Crippen molar-refractivity contribution in [3.8, 4) is 11.8 Å². The molecule has 124 valence electrons. The van der Waals surface area contributed by atoms with Crippen molar-refractivity contribution in [3.05, 3.63) is 6.07 Å².